The number of aromatic nitrogens is 2. The largest absolute Gasteiger partial charge is 0.493 e. The van der Waals surface area contributed by atoms with E-state index in [0.29, 0.717) is 11.4 Å². The first-order valence-corrected chi connectivity index (χ1v) is 6.34. The minimum atomic E-state index is -0.749. The van der Waals surface area contributed by atoms with Crippen molar-refractivity contribution in [2.45, 2.75) is 13.0 Å². The van der Waals surface area contributed by atoms with E-state index >= 15 is 0 Å². The van der Waals surface area contributed by atoms with Gasteiger partial charge in [-0.3, -0.25) is 4.68 Å². The number of halogens is 1. The van der Waals surface area contributed by atoms with E-state index in [1.165, 1.54) is 0 Å². The molecule has 1 heterocycles. The van der Waals surface area contributed by atoms with Crippen LogP contribution < -0.4 is 4.74 Å². The second-order valence-electron chi connectivity index (χ2n) is 4.13. The van der Waals surface area contributed by atoms with Crippen LogP contribution in [0.3, 0.4) is 0 Å². The van der Waals surface area contributed by atoms with Crippen molar-refractivity contribution in [1.82, 2.24) is 9.78 Å². The summed E-state index contributed by atoms with van der Waals surface area (Å²) in [6.07, 6.45) is 0.854. The van der Waals surface area contributed by atoms with Crippen molar-refractivity contribution in [1.29, 1.82) is 0 Å². The lowest BCUT2D eigenvalue weighted by atomic mass is 10.0. The van der Waals surface area contributed by atoms with E-state index < -0.39 is 6.10 Å². The van der Waals surface area contributed by atoms with Crippen molar-refractivity contribution in [3.05, 3.63) is 45.7 Å². The molecule has 0 saturated heterocycles. The molecule has 1 atom stereocenters. The van der Waals surface area contributed by atoms with Gasteiger partial charge < -0.3 is 9.84 Å². The quantitative estimate of drug-likeness (QED) is 0.948. The van der Waals surface area contributed by atoms with Crippen molar-refractivity contribution < 1.29 is 9.84 Å². The highest BCUT2D eigenvalue weighted by Gasteiger charge is 2.21. The van der Waals surface area contributed by atoms with Gasteiger partial charge in [-0.15, -0.1) is 0 Å². The SMILES string of the molecule is COc1cnn(C)c1C(O)c1ccc(Br)cc1C. The van der Waals surface area contributed by atoms with Gasteiger partial charge in [-0.05, 0) is 30.2 Å². The van der Waals surface area contributed by atoms with Crippen LogP contribution in [0.15, 0.2) is 28.9 Å². The zero-order chi connectivity index (χ0) is 13.3. The van der Waals surface area contributed by atoms with E-state index in [0.717, 1.165) is 15.6 Å². The molecule has 18 heavy (non-hydrogen) atoms. The van der Waals surface area contributed by atoms with Gasteiger partial charge in [0, 0.05) is 11.5 Å². The fourth-order valence-electron chi connectivity index (χ4n) is 1.99. The van der Waals surface area contributed by atoms with Crippen LogP contribution in [0.1, 0.15) is 22.9 Å². The molecule has 2 rings (SSSR count). The van der Waals surface area contributed by atoms with E-state index in [9.17, 15) is 5.11 Å². The summed E-state index contributed by atoms with van der Waals surface area (Å²) in [4.78, 5) is 0. The number of hydrogen-bond acceptors (Lipinski definition) is 3. The number of methoxy groups -OCH3 is 1. The van der Waals surface area contributed by atoms with Gasteiger partial charge in [0.15, 0.2) is 5.75 Å². The maximum Gasteiger partial charge on any atom is 0.162 e. The van der Waals surface area contributed by atoms with Crippen molar-refractivity contribution >= 4 is 15.9 Å². The van der Waals surface area contributed by atoms with Crippen molar-refractivity contribution in [2.75, 3.05) is 7.11 Å². The highest BCUT2D eigenvalue weighted by Crippen LogP contribution is 2.31. The summed E-state index contributed by atoms with van der Waals surface area (Å²) in [5.74, 6) is 0.590. The molecule has 0 radical (unpaired) electrons. The topological polar surface area (TPSA) is 47.3 Å². The molecular formula is C13H15BrN2O2. The van der Waals surface area contributed by atoms with E-state index in [4.69, 9.17) is 4.74 Å². The van der Waals surface area contributed by atoms with Gasteiger partial charge in [0.2, 0.25) is 0 Å². The Morgan fingerprint density at radius 3 is 2.78 bits per heavy atom. The molecule has 0 aliphatic rings. The smallest absolute Gasteiger partial charge is 0.162 e. The zero-order valence-electron chi connectivity index (χ0n) is 10.5. The number of aliphatic hydroxyl groups is 1. The summed E-state index contributed by atoms with van der Waals surface area (Å²) in [5, 5.41) is 14.6. The highest BCUT2D eigenvalue weighted by molar-refractivity contribution is 9.10. The van der Waals surface area contributed by atoms with Crippen LogP contribution in [0, 0.1) is 6.92 Å². The van der Waals surface area contributed by atoms with Gasteiger partial charge in [0.1, 0.15) is 11.8 Å². The molecule has 96 valence electrons. The van der Waals surface area contributed by atoms with Crippen LogP contribution in [0.4, 0.5) is 0 Å². The van der Waals surface area contributed by atoms with Crippen LogP contribution in [0.25, 0.3) is 0 Å². The van der Waals surface area contributed by atoms with E-state index in [1.54, 1.807) is 25.0 Å². The van der Waals surface area contributed by atoms with Crippen molar-refractivity contribution in [3.8, 4) is 5.75 Å². The Morgan fingerprint density at radius 1 is 1.44 bits per heavy atom. The number of nitrogens with zero attached hydrogens (tertiary/aromatic N) is 2. The number of aryl methyl sites for hydroxylation is 2. The summed E-state index contributed by atoms with van der Waals surface area (Å²) in [6.45, 7) is 1.96. The minimum absolute atomic E-state index is 0.590. The van der Waals surface area contributed by atoms with Gasteiger partial charge >= 0.3 is 0 Å². The normalized spacial score (nSPS) is 12.5. The van der Waals surface area contributed by atoms with Gasteiger partial charge in [0.25, 0.3) is 0 Å². The molecule has 0 fully saturated rings. The number of rotatable bonds is 3. The van der Waals surface area contributed by atoms with Crippen LogP contribution in [0.5, 0.6) is 5.75 Å². The molecule has 0 aliphatic heterocycles. The number of aliphatic hydroxyl groups excluding tert-OH is 1. The highest BCUT2D eigenvalue weighted by atomic mass is 79.9. The third kappa shape index (κ3) is 2.28. The molecule has 0 bridgehead atoms. The van der Waals surface area contributed by atoms with Crippen molar-refractivity contribution in [3.63, 3.8) is 0 Å². The molecule has 2 aromatic rings. The Morgan fingerprint density at radius 2 is 2.17 bits per heavy atom. The monoisotopic (exact) mass is 310 g/mol. The molecule has 0 saturated carbocycles. The summed E-state index contributed by atoms with van der Waals surface area (Å²) >= 11 is 3.41. The minimum Gasteiger partial charge on any atom is -0.493 e. The molecule has 0 aliphatic carbocycles. The number of ether oxygens (including phenoxy) is 1. The summed E-state index contributed by atoms with van der Waals surface area (Å²) in [5.41, 5.74) is 2.52. The molecular weight excluding hydrogens is 296 g/mol. The maximum atomic E-state index is 10.5. The van der Waals surface area contributed by atoms with E-state index in [-0.39, 0.29) is 0 Å². The fourth-order valence-corrected chi connectivity index (χ4v) is 2.46. The average Bonchev–Trinajstić information content (AvgIpc) is 2.69. The van der Waals surface area contributed by atoms with Gasteiger partial charge in [-0.1, -0.05) is 22.0 Å². The third-order valence-electron chi connectivity index (χ3n) is 2.95. The maximum absolute atomic E-state index is 10.5. The number of hydrogen-bond donors (Lipinski definition) is 1. The average molecular weight is 311 g/mol. The Hall–Kier alpha value is -1.33. The second-order valence-corrected chi connectivity index (χ2v) is 5.04. The van der Waals surface area contributed by atoms with Crippen LogP contribution in [-0.4, -0.2) is 22.0 Å². The second kappa shape index (κ2) is 5.12. The molecule has 0 spiro atoms. The summed E-state index contributed by atoms with van der Waals surface area (Å²) < 4.78 is 7.84. The Balaban J connectivity index is 2.47. The predicted octanol–water partition coefficient (Wildman–Crippen LogP) is 2.58. The summed E-state index contributed by atoms with van der Waals surface area (Å²) in [6, 6.07) is 5.78. The molecule has 0 amide bonds. The van der Waals surface area contributed by atoms with Crippen molar-refractivity contribution in [2.24, 2.45) is 7.05 Å². The molecule has 4 nitrogen and oxygen atoms in total. The molecule has 1 N–H and O–H groups in total. The Labute approximate surface area is 114 Å². The van der Waals surface area contributed by atoms with E-state index in [2.05, 4.69) is 21.0 Å². The Bertz CT molecular complexity index is 566. The third-order valence-corrected chi connectivity index (χ3v) is 3.45. The van der Waals surface area contributed by atoms with Gasteiger partial charge in [0.05, 0.1) is 13.3 Å². The fraction of sp³-hybridized carbons (Fsp3) is 0.308. The Kier molecular flexibility index (Phi) is 3.73. The lowest BCUT2D eigenvalue weighted by Gasteiger charge is -2.15. The molecule has 1 aromatic carbocycles. The molecule has 1 unspecified atom stereocenters. The zero-order valence-corrected chi connectivity index (χ0v) is 12.1. The van der Waals surface area contributed by atoms with Gasteiger partial charge in [-0.25, -0.2) is 0 Å². The molecule has 5 heteroatoms. The molecule has 1 aromatic heterocycles. The first-order valence-electron chi connectivity index (χ1n) is 5.54. The van der Waals surface area contributed by atoms with Crippen LogP contribution in [-0.2, 0) is 7.05 Å². The lowest BCUT2D eigenvalue weighted by Crippen LogP contribution is -2.09. The standard InChI is InChI=1S/C13H15BrN2O2/c1-8-6-9(14)4-5-10(8)13(17)12-11(18-3)7-15-16(12)2/h4-7,13,17H,1-3H3. The predicted molar refractivity (Wildman–Crippen MR) is 72.7 cm³/mol. The van der Waals surface area contributed by atoms with Crippen LogP contribution >= 0.6 is 15.9 Å². The lowest BCUT2D eigenvalue weighted by molar-refractivity contribution is 0.203. The number of benzene rings is 1. The van der Waals surface area contributed by atoms with Gasteiger partial charge in [-0.2, -0.15) is 5.10 Å². The first-order chi connectivity index (χ1) is 8.54. The summed E-state index contributed by atoms with van der Waals surface area (Å²) in [7, 11) is 3.36. The van der Waals surface area contributed by atoms with Crippen LogP contribution in [0.2, 0.25) is 0 Å². The first kappa shape index (κ1) is 13.1. The van der Waals surface area contributed by atoms with E-state index in [1.807, 2.05) is 25.1 Å².